The van der Waals surface area contributed by atoms with E-state index in [0.717, 1.165) is 12.1 Å². The Bertz CT molecular complexity index is 211. The highest BCUT2D eigenvalue weighted by Crippen LogP contribution is 2.22. The monoisotopic (exact) mass is 225 g/mol. The van der Waals surface area contributed by atoms with Crippen LogP contribution in [-0.4, -0.2) is 73.1 Å². The number of hydrogen-bond acceptors (Lipinski definition) is 3. The van der Waals surface area contributed by atoms with Crippen molar-refractivity contribution in [2.45, 2.75) is 38.8 Å². The molecule has 1 unspecified atom stereocenters. The van der Waals surface area contributed by atoms with Crippen LogP contribution in [0.1, 0.15) is 26.7 Å². The molecule has 0 aromatic heterocycles. The summed E-state index contributed by atoms with van der Waals surface area (Å²) in [5.74, 6) is 0. The highest BCUT2D eigenvalue weighted by Gasteiger charge is 2.29. The minimum atomic E-state index is 0.781. The molecule has 0 aliphatic carbocycles. The van der Waals surface area contributed by atoms with Gasteiger partial charge in [0, 0.05) is 38.3 Å². The first-order valence-electron chi connectivity index (χ1n) is 6.87. The Balaban J connectivity index is 1.83. The average Bonchev–Trinajstić information content (AvgIpc) is 2.30. The van der Waals surface area contributed by atoms with E-state index in [-0.39, 0.29) is 0 Å². The summed E-state index contributed by atoms with van der Waals surface area (Å²) in [6.07, 6.45) is 2.75. The molecule has 0 aromatic rings. The number of likely N-dealkylation sites (N-methyl/N-ethyl adjacent to an activating group) is 1. The molecule has 2 rings (SSSR count). The lowest BCUT2D eigenvalue weighted by atomic mass is 9.96. The summed E-state index contributed by atoms with van der Waals surface area (Å²) in [5.41, 5.74) is 0. The maximum Gasteiger partial charge on any atom is 0.0123 e. The standard InChI is InChI=1S/C13H27N3/c1-4-15-6-5-13(11-12(15)2)16-9-7-14(3)8-10-16/h12-13H,4-11H2,1-3H3/t12-,13?/m1/s1. The van der Waals surface area contributed by atoms with Gasteiger partial charge in [0.25, 0.3) is 0 Å². The van der Waals surface area contributed by atoms with Crippen molar-refractivity contribution >= 4 is 0 Å². The highest BCUT2D eigenvalue weighted by molar-refractivity contribution is 4.86. The maximum atomic E-state index is 2.73. The van der Waals surface area contributed by atoms with Gasteiger partial charge in [-0.2, -0.15) is 0 Å². The molecule has 0 spiro atoms. The van der Waals surface area contributed by atoms with Crippen LogP contribution >= 0.6 is 0 Å². The molecule has 16 heavy (non-hydrogen) atoms. The van der Waals surface area contributed by atoms with Crippen LogP contribution in [0.4, 0.5) is 0 Å². The van der Waals surface area contributed by atoms with Crippen molar-refractivity contribution in [2.24, 2.45) is 0 Å². The molecule has 2 aliphatic heterocycles. The second-order valence-corrected chi connectivity index (χ2v) is 5.50. The third-order valence-electron chi connectivity index (χ3n) is 4.45. The fourth-order valence-corrected chi connectivity index (χ4v) is 3.18. The minimum absolute atomic E-state index is 0.781. The van der Waals surface area contributed by atoms with Crippen molar-refractivity contribution in [3.05, 3.63) is 0 Å². The van der Waals surface area contributed by atoms with Gasteiger partial charge in [-0.25, -0.2) is 0 Å². The van der Waals surface area contributed by atoms with Crippen LogP contribution in [0.5, 0.6) is 0 Å². The predicted molar refractivity (Wildman–Crippen MR) is 68.8 cm³/mol. The molecular weight excluding hydrogens is 198 g/mol. The van der Waals surface area contributed by atoms with Crippen LogP contribution in [0.2, 0.25) is 0 Å². The first-order valence-corrected chi connectivity index (χ1v) is 6.87. The normalized spacial score (nSPS) is 35.4. The van der Waals surface area contributed by atoms with Gasteiger partial charge in [0.1, 0.15) is 0 Å². The lowest BCUT2D eigenvalue weighted by Crippen LogP contribution is -2.54. The first-order chi connectivity index (χ1) is 7.70. The summed E-state index contributed by atoms with van der Waals surface area (Å²) < 4.78 is 0. The number of piperidine rings is 1. The van der Waals surface area contributed by atoms with Gasteiger partial charge in [0.2, 0.25) is 0 Å². The average molecular weight is 225 g/mol. The van der Waals surface area contributed by atoms with Crippen LogP contribution in [0.15, 0.2) is 0 Å². The fraction of sp³-hybridized carbons (Fsp3) is 1.00. The van der Waals surface area contributed by atoms with Gasteiger partial charge in [-0.15, -0.1) is 0 Å². The highest BCUT2D eigenvalue weighted by atomic mass is 15.3. The quantitative estimate of drug-likeness (QED) is 0.697. The summed E-state index contributed by atoms with van der Waals surface area (Å²) in [7, 11) is 2.24. The molecular formula is C13H27N3. The Morgan fingerprint density at radius 1 is 1.06 bits per heavy atom. The number of rotatable bonds is 2. The van der Waals surface area contributed by atoms with E-state index in [1.807, 2.05) is 0 Å². The van der Waals surface area contributed by atoms with Gasteiger partial charge in [0.15, 0.2) is 0 Å². The fourth-order valence-electron chi connectivity index (χ4n) is 3.18. The summed E-state index contributed by atoms with van der Waals surface area (Å²) >= 11 is 0. The molecule has 2 atom stereocenters. The molecule has 0 saturated carbocycles. The zero-order chi connectivity index (χ0) is 11.5. The van der Waals surface area contributed by atoms with Crippen molar-refractivity contribution in [2.75, 3.05) is 46.3 Å². The Hall–Kier alpha value is -0.120. The van der Waals surface area contributed by atoms with Crippen LogP contribution in [0.3, 0.4) is 0 Å². The van der Waals surface area contributed by atoms with Crippen molar-refractivity contribution in [3.63, 3.8) is 0 Å². The smallest absolute Gasteiger partial charge is 0.0123 e. The summed E-state index contributed by atoms with van der Waals surface area (Å²) in [6.45, 7) is 12.3. The lowest BCUT2D eigenvalue weighted by molar-refractivity contribution is 0.0470. The molecule has 2 fully saturated rings. The third kappa shape index (κ3) is 2.76. The van der Waals surface area contributed by atoms with Gasteiger partial charge in [-0.1, -0.05) is 6.92 Å². The number of hydrogen-bond donors (Lipinski definition) is 0. The van der Waals surface area contributed by atoms with Gasteiger partial charge in [-0.05, 0) is 39.9 Å². The van der Waals surface area contributed by atoms with Crippen molar-refractivity contribution in [1.29, 1.82) is 0 Å². The van der Waals surface area contributed by atoms with E-state index >= 15 is 0 Å². The molecule has 2 heterocycles. The molecule has 0 aromatic carbocycles. The predicted octanol–water partition coefficient (Wildman–Crippen LogP) is 1.11. The van der Waals surface area contributed by atoms with Gasteiger partial charge < -0.3 is 9.80 Å². The molecule has 0 radical (unpaired) electrons. The van der Waals surface area contributed by atoms with Crippen molar-refractivity contribution in [1.82, 2.24) is 14.7 Å². The van der Waals surface area contributed by atoms with E-state index in [2.05, 4.69) is 35.6 Å². The molecule has 0 bridgehead atoms. The molecule has 3 heteroatoms. The molecule has 3 nitrogen and oxygen atoms in total. The Kier molecular flexibility index (Phi) is 4.22. The van der Waals surface area contributed by atoms with E-state index in [1.165, 1.54) is 52.1 Å². The van der Waals surface area contributed by atoms with Crippen molar-refractivity contribution < 1.29 is 0 Å². The van der Waals surface area contributed by atoms with Crippen LogP contribution in [0.25, 0.3) is 0 Å². The Morgan fingerprint density at radius 3 is 2.31 bits per heavy atom. The number of piperazine rings is 1. The second-order valence-electron chi connectivity index (χ2n) is 5.50. The molecule has 0 amide bonds. The zero-order valence-electron chi connectivity index (χ0n) is 11.2. The Morgan fingerprint density at radius 2 is 1.75 bits per heavy atom. The van der Waals surface area contributed by atoms with E-state index in [4.69, 9.17) is 0 Å². The van der Waals surface area contributed by atoms with Crippen LogP contribution in [0, 0.1) is 0 Å². The second kappa shape index (κ2) is 5.48. The van der Waals surface area contributed by atoms with E-state index in [0.29, 0.717) is 0 Å². The first kappa shape index (κ1) is 12.3. The van der Waals surface area contributed by atoms with Crippen LogP contribution < -0.4 is 0 Å². The molecule has 0 N–H and O–H groups in total. The third-order valence-corrected chi connectivity index (χ3v) is 4.45. The van der Waals surface area contributed by atoms with Crippen molar-refractivity contribution in [3.8, 4) is 0 Å². The molecule has 2 aliphatic rings. The van der Waals surface area contributed by atoms with E-state index < -0.39 is 0 Å². The Labute approximate surface area is 100 Å². The van der Waals surface area contributed by atoms with Gasteiger partial charge in [-0.3, -0.25) is 4.90 Å². The summed E-state index contributed by atoms with van der Waals surface area (Å²) in [6, 6.07) is 1.63. The van der Waals surface area contributed by atoms with E-state index in [9.17, 15) is 0 Å². The lowest BCUT2D eigenvalue weighted by Gasteiger charge is -2.44. The topological polar surface area (TPSA) is 9.72 Å². The zero-order valence-corrected chi connectivity index (χ0v) is 11.2. The maximum absolute atomic E-state index is 2.73. The number of likely N-dealkylation sites (tertiary alicyclic amines) is 1. The van der Waals surface area contributed by atoms with Gasteiger partial charge >= 0.3 is 0 Å². The SMILES string of the molecule is CCN1CCC(N2CCN(C)CC2)C[C@H]1C. The largest absolute Gasteiger partial charge is 0.304 e. The molecule has 2 saturated heterocycles. The van der Waals surface area contributed by atoms with E-state index in [1.54, 1.807) is 0 Å². The minimum Gasteiger partial charge on any atom is -0.304 e. The van der Waals surface area contributed by atoms with Crippen LogP contribution in [-0.2, 0) is 0 Å². The van der Waals surface area contributed by atoms with Gasteiger partial charge in [0.05, 0.1) is 0 Å². The summed E-state index contributed by atoms with van der Waals surface area (Å²) in [4.78, 5) is 7.79. The molecule has 94 valence electrons. The summed E-state index contributed by atoms with van der Waals surface area (Å²) in [5, 5.41) is 0. The number of nitrogens with zero attached hydrogens (tertiary/aromatic N) is 3.